The molecular formula is C9H13AcN3O4. The molecular weight excluding hydrogens is 441 g/mol. The van der Waals surface area contributed by atoms with Crippen molar-refractivity contribution in [2.45, 2.75) is 24.9 Å². The van der Waals surface area contributed by atoms with E-state index in [1.165, 1.54) is 12.3 Å². The number of hydrogen-bond acceptors (Lipinski definition) is 6. The minimum absolute atomic E-state index is 0. The van der Waals surface area contributed by atoms with Gasteiger partial charge in [-0.2, -0.15) is 4.98 Å². The first-order chi connectivity index (χ1) is 7.61. The SMILES string of the molecule is Nc1ccn(C2O[C@H](CO)CC2O)c(=O)n1.[Ac]. The van der Waals surface area contributed by atoms with Crippen molar-refractivity contribution in [3.05, 3.63) is 22.7 Å². The van der Waals surface area contributed by atoms with Crippen LogP contribution in [0.2, 0.25) is 0 Å². The Labute approximate surface area is 133 Å². The molecule has 91 valence electrons. The molecule has 4 N–H and O–H groups in total. The molecule has 17 heavy (non-hydrogen) atoms. The molecule has 0 saturated carbocycles. The zero-order valence-electron chi connectivity index (χ0n) is 9.06. The standard InChI is InChI=1S/C9H13N3O4.Ac/c10-7-1-2-12(9(15)11-7)8-6(14)3-5(4-13)16-8;/h1-2,5-6,8,13-14H,3-4H2,(H2,10,11,15);/t5-,6?,8?;/m0./s1. The summed E-state index contributed by atoms with van der Waals surface area (Å²) in [7, 11) is 0. The number of ether oxygens (including phenoxy) is 1. The molecule has 0 aliphatic carbocycles. The van der Waals surface area contributed by atoms with Gasteiger partial charge in [0.1, 0.15) is 11.9 Å². The summed E-state index contributed by atoms with van der Waals surface area (Å²) in [6.07, 6.45) is -0.390. The maximum absolute atomic E-state index is 11.5. The normalized spacial score (nSPS) is 27.8. The van der Waals surface area contributed by atoms with Gasteiger partial charge in [0.15, 0.2) is 6.23 Å². The molecule has 7 nitrogen and oxygen atoms in total. The van der Waals surface area contributed by atoms with Crippen LogP contribution in [-0.4, -0.2) is 38.6 Å². The van der Waals surface area contributed by atoms with Crippen LogP contribution in [0.25, 0.3) is 0 Å². The van der Waals surface area contributed by atoms with Gasteiger partial charge in [-0.1, -0.05) is 0 Å². The number of nitrogen functional groups attached to an aromatic ring is 1. The average molecular weight is 454 g/mol. The first-order valence-electron chi connectivity index (χ1n) is 4.91. The molecule has 0 bridgehead atoms. The molecule has 1 fully saturated rings. The van der Waals surface area contributed by atoms with Gasteiger partial charge in [0, 0.05) is 56.7 Å². The van der Waals surface area contributed by atoms with E-state index in [9.17, 15) is 9.90 Å². The summed E-state index contributed by atoms with van der Waals surface area (Å²) in [5.74, 6) is 0.118. The molecule has 1 aromatic heterocycles. The van der Waals surface area contributed by atoms with Crippen molar-refractivity contribution in [2.75, 3.05) is 12.3 Å². The fraction of sp³-hybridized carbons (Fsp3) is 0.556. The number of hydrogen-bond donors (Lipinski definition) is 3. The number of rotatable bonds is 2. The number of aromatic nitrogens is 2. The predicted octanol–water partition coefficient (Wildman–Crippen LogP) is -1.53. The molecule has 2 heterocycles. The smallest absolute Gasteiger partial charge is 0.351 e. The third-order valence-corrected chi connectivity index (χ3v) is 2.49. The molecule has 1 aromatic rings. The summed E-state index contributed by atoms with van der Waals surface area (Å²) < 4.78 is 6.48. The first-order valence-corrected chi connectivity index (χ1v) is 4.91. The van der Waals surface area contributed by atoms with Crippen LogP contribution in [0.15, 0.2) is 17.1 Å². The van der Waals surface area contributed by atoms with Crippen molar-refractivity contribution in [2.24, 2.45) is 0 Å². The third-order valence-electron chi connectivity index (χ3n) is 2.49. The summed E-state index contributed by atoms with van der Waals surface area (Å²) >= 11 is 0. The molecule has 3 atom stereocenters. The Bertz CT molecular complexity index is 438. The largest absolute Gasteiger partial charge is 0.394 e. The van der Waals surface area contributed by atoms with Crippen LogP contribution >= 0.6 is 0 Å². The van der Waals surface area contributed by atoms with E-state index in [0.29, 0.717) is 0 Å². The zero-order chi connectivity index (χ0) is 11.7. The van der Waals surface area contributed by atoms with Gasteiger partial charge in [0.05, 0.1) is 12.7 Å². The van der Waals surface area contributed by atoms with Gasteiger partial charge in [-0.3, -0.25) is 4.57 Å². The summed E-state index contributed by atoms with van der Waals surface area (Å²) in [5.41, 5.74) is 4.77. The summed E-state index contributed by atoms with van der Waals surface area (Å²) in [4.78, 5) is 15.0. The zero-order valence-corrected chi connectivity index (χ0v) is 13.8. The second-order valence-electron chi connectivity index (χ2n) is 3.68. The monoisotopic (exact) mass is 454 g/mol. The maximum Gasteiger partial charge on any atom is 0.351 e. The Morgan fingerprint density at radius 1 is 1.65 bits per heavy atom. The molecule has 1 radical (unpaired) electrons. The van der Waals surface area contributed by atoms with E-state index in [4.69, 9.17) is 15.6 Å². The summed E-state index contributed by atoms with van der Waals surface area (Å²) in [6, 6.07) is 1.45. The molecule has 8 heteroatoms. The van der Waals surface area contributed by atoms with E-state index in [1.54, 1.807) is 0 Å². The Hall–Kier alpha value is 0.00156. The van der Waals surface area contributed by atoms with Gasteiger partial charge in [-0.05, 0) is 6.07 Å². The first kappa shape index (κ1) is 15.1. The molecule has 1 aliphatic heterocycles. The van der Waals surface area contributed by atoms with Crippen molar-refractivity contribution in [3.8, 4) is 0 Å². The molecule has 2 unspecified atom stereocenters. The van der Waals surface area contributed by atoms with E-state index in [-0.39, 0.29) is 62.9 Å². The van der Waals surface area contributed by atoms with Crippen LogP contribution in [0, 0.1) is 44.1 Å². The fourth-order valence-electron chi connectivity index (χ4n) is 1.72. The second kappa shape index (κ2) is 6.25. The van der Waals surface area contributed by atoms with Gasteiger partial charge < -0.3 is 20.7 Å². The minimum atomic E-state index is -0.833. The van der Waals surface area contributed by atoms with Gasteiger partial charge in [0.25, 0.3) is 0 Å². The van der Waals surface area contributed by atoms with Crippen LogP contribution in [0.5, 0.6) is 0 Å². The van der Waals surface area contributed by atoms with Gasteiger partial charge in [-0.25, -0.2) is 4.79 Å². The second-order valence-corrected chi connectivity index (χ2v) is 3.68. The molecule has 0 amide bonds. The van der Waals surface area contributed by atoms with Crippen molar-refractivity contribution in [1.29, 1.82) is 0 Å². The topological polar surface area (TPSA) is 111 Å². The predicted molar refractivity (Wildman–Crippen MR) is 54.5 cm³/mol. The summed E-state index contributed by atoms with van der Waals surface area (Å²) in [5, 5.41) is 18.6. The quantitative estimate of drug-likeness (QED) is 0.500. The van der Waals surface area contributed by atoms with Gasteiger partial charge in [-0.15, -0.1) is 0 Å². The van der Waals surface area contributed by atoms with Crippen LogP contribution < -0.4 is 11.4 Å². The fourth-order valence-corrected chi connectivity index (χ4v) is 1.72. The number of nitrogens with two attached hydrogens (primary N) is 1. The van der Waals surface area contributed by atoms with Gasteiger partial charge >= 0.3 is 5.69 Å². The Balaban J connectivity index is 0.00000144. The average Bonchev–Trinajstić information content (AvgIpc) is 2.60. The van der Waals surface area contributed by atoms with E-state index in [1.807, 2.05) is 0 Å². The van der Waals surface area contributed by atoms with Crippen molar-refractivity contribution in [3.63, 3.8) is 0 Å². The Kier molecular flexibility index (Phi) is 5.54. The van der Waals surface area contributed by atoms with Gasteiger partial charge in [0.2, 0.25) is 0 Å². The Morgan fingerprint density at radius 2 is 2.35 bits per heavy atom. The van der Waals surface area contributed by atoms with Crippen LogP contribution in [0.1, 0.15) is 12.6 Å². The van der Waals surface area contributed by atoms with Crippen LogP contribution in [0.4, 0.5) is 5.82 Å². The maximum atomic E-state index is 11.5. The van der Waals surface area contributed by atoms with E-state index >= 15 is 0 Å². The Morgan fingerprint density at radius 3 is 2.88 bits per heavy atom. The third kappa shape index (κ3) is 3.26. The molecule has 2 rings (SSSR count). The molecule has 0 spiro atoms. The van der Waals surface area contributed by atoms with E-state index in [2.05, 4.69) is 4.98 Å². The van der Waals surface area contributed by atoms with Crippen molar-refractivity contribution >= 4 is 5.82 Å². The minimum Gasteiger partial charge on any atom is -0.394 e. The number of nitrogens with zero attached hydrogens (tertiary/aromatic N) is 2. The number of anilines is 1. The van der Waals surface area contributed by atoms with Crippen LogP contribution in [0.3, 0.4) is 0 Å². The van der Waals surface area contributed by atoms with E-state index < -0.39 is 24.1 Å². The summed E-state index contributed by atoms with van der Waals surface area (Å²) in [6.45, 7) is -0.190. The number of aliphatic hydroxyl groups is 2. The van der Waals surface area contributed by atoms with E-state index in [0.717, 1.165) is 4.57 Å². The van der Waals surface area contributed by atoms with Crippen LogP contribution in [-0.2, 0) is 4.74 Å². The van der Waals surface area contributed by atoms with Crippen molar-refractivity contribution < 1.29 is 59.0 Å². The molecule has 1 saturated heterocycles. The number of aliphatic hydroxyl groups excluding tert-OH is 2. The van der Waals surface area contributed by atoms with Crippen molar-refractivity contribution in [1.82, 2.24) is 9.55 Å². The molecule has 1 aliphatic rings. The molecule has 0 aromatic carbocycles.